The van der Waals surface area contributed by atoms with Crippen LogP contribution in [0.5, 0.6) is 0 Å². The molecule has 4 saturated heterocycles. The molecule has 43 heavy (non-hydrogen) atoms. The normalized spacial score (nSPS) is 23.7. The lowest BCUT2D eigenvalue weighted by atomic mass is 9.78. The van der Waals surface area contributed by atoms with Gasteiger partial charge < -0.3 is 14.7 Å². The van der Waals surface area contributed by atoms with Gasteiger partial charge in [0.1, 0.15) is 0 Å². The van der Waals surface area contributed by atoms with Crippen LogP contribution in [0.3, 0.4) is 0 Å². The van der Waals surface area contributed by atoms with Crippen molar-refractivity contribution in [2.45, 2.75) is 137 Å². The molecule has 248 valence electrons. The Hall–Kier alpha value is -1.14. The molecule has 2 amide bonds. The second-order valence-corrected chi connectivity index (χ2v) is 17.1. The van der Waals surface area contributed by atoms with E-state index < -0.39 is 0 Å². The van der Waals surface area contributed by atoms with Gasteiger partial charge in [0.2, 0.25) is 11.8 Å². The summed E-state index contributed by atoms with van der Waals surface area (Å²) < 4.78 is 0. The van der Waals surface area contributed by atoms with E-state index in [0.717, 1.165) is 62.8 Å². The number of amides is 2. The lowest BCUT2D eigenvalue weighted by Gasteiger charge is -2.44. The maximum Gasteiger partial charge on any atom is 0.223 e. The van der Waals surface area contributed by atoms with Crippen LogP contribution in [0, 0.1) is 29.1 Å². The van der Waals surface area contributed by atoms with Crippen molar-refractivity contribution in [1.82, 2.24) is 19.6 Å². The molecule has 0 aliphatic carbocycles. The summed E-state index contributed by atoms with van der Waals surface area (Å²) in [6.45, 7) is 23.4. The van der Waals surface area contributed by atoms with Gasteiger partial charge in [0.25, 0.3) is 0 Å². The fourth-order valence-corrected chi connectivity index (χ4v) is 8.38. The van der Waals surface area contributed by atoms with Gasteiger partial charge >= 0.3 is 0 Å². The Morgan fingerprint density at radius 3 is 1.47 bits per heavy atom. The van der Waals surface area contributed by atoms with Gasteiger partial charge in [-0.3, -0.25) is 14.5 Å². The summed E-state index contributed by atoms with van der Waals surface area (Å²) in [7, 11) is 0. The molecule has 0 aromatic heterocycles. The zero-order valence-corrected chi connectivity index (χ0v) is 29.2. The number of hydrogen-bond acceptors (Lipinski definition) is 4. The molecule has 4 aliphatic rings. The van der Waals surface area contributed by atoms with Crippen LogP contribution in [-0.4, -0.2) is 95.9 Å². The van der Waals surface area contributed by atoms with E-state index in [9.17, 15) is 9.59 Å². The number of carbonyl (C=O) groups is 2. The molecule has 0 bridgehead atoms. The van der Waals surface area contributed by atoms with E-state index in [1.807, 2.05) is 0 Å². The number of nitrogens with zero attached hydrogens (tertiary/aromatic N) is 4. The summed E-state index contributed by atoms with van der Waals surface area (Å²) >= 11 is 0. The van der Waals surface area contributed by atoms with Crippen molar-refractivity contribution in [3.05, 3.63) is 0 Å². The van der Waals surface area contributed by atoms with E-state index in [1.54, 1.807) is 0 Å². The molecule has 0 atom stereocenters. The molecule has 4 fully saturated rings. The third-order valence-electron chi connectivity index (χ3n) is 11.7. The first kappa shape index (κ1) is 34.7. The minimum atomic E-state index is 0.235. The van der Waals surface area contributed by atoms with Gasteiger partial charge in [-0.05, 0) is 134 Å². The van der Waals surface area contributed by atoms with Gasteiger partial charge in [-0.15, -0.1) is 0 Å². The van der Waals surface area contributed by atoms with Crippen molar-refractivity contribution in [2.75, 3.05) is 58.9 Å². The quantitative estimate of drug-likeness (QED) is 0.269. The zero-order valence-electron chi connectivity index (χ0n) is 29.2. The van der Waals surface area contributed by atoms with Crippen molar-refractivity contribution in [3.63, 3.8) is 0 Å². The van der Waals surface area contributed by atoms with Crippen LogP contribution >= 0.6 is 0 Å². The summed E-state index contributed by atoms with van der Waals surface area (Å²) in [5.41, 5.74) is 0.545. The number of carbonyl (C=O) groups excluding carboxylic acids is 2. The Kier molecular flexibility index (Phi) is 12.9. The first-order chi connectivity index (χ1) is 20.4. The molecular weight excluding hydrogens is 532 g/mol. The second kappa shape index (κ2) is 15.9. The van der Waals surface area contributed by atoms with Gasteiger partial charge in [0.15, 0.2) is 0 Å². The topological polar surface area (TPSA) is 47.1 Å². The molecule has 0 unspecified atom stereocenters. The van der Waals surface area contributed by atoms with Crippen LogP contribution in [0.25, 0.3) is 0 Å². The van der Waals surface area contributed by atoms with Crippen molar-refractivity contribution >= 4 is 11.8 Å². The highest BCUT2D eigenvalue weighted by Crippen LogP contribution is 2.34. The highest BCUT2D eigenvalue weighted by Gasteiger charge is 2.33. The minimum Gasteiger partial charge on any atom is -0.343 e. The third-order valence-corrected chi connectivity index (χ3v) is 11.7. The van der Waals surface area contributed by atoms with E-state index in [4.69, 9.17) is 0 Å². The number of rotatable bonds is 10. The maximum atomic E-state index is 13.0. The molecule has 6 heteroatoms. The Morgan fingerprint density at radius 1 is 0.581 bits per heavy atom. The predicted molar refractivity (Wildman–Crippen MR) is 179 cm³/mol. The van der Waals surface area contributed by atoms with Crippen LogP contribution in [0.15, 0.2) is 0 Å². The molecule has 4 rings (SSSR count). The Morgan fingerprint density at radius 2 is 1.02 bits per heavy atom. The van der Waals surface area contributed by atoms with Gasteiger partial charge in [0.05, 0.1) is 0 Å². The minimum absolute atomic E-state index is 0.235. The molecule has 6 nitrogen and oxygen atoms in total. The monoisotopic (exact) mass is 601 g/mol. The largest absolute Gasteiger partial charge is 0.343 e. The van der Waals surface area contributed by atoms with Gasteiger partial charge in [-0.1, -0.05) is 40.0 Å². The first-order valence-electron chi connectivity index (χ1n) is 18.4. The van der Waals surface area contributed by atoms with Crippen LogP contribution in [0.2, 0.25) is 0 Å². The molecule has 0 saturated carbocycles. The Balaban J connectivity index is 1.02. The van der Waals surface area contributed by atoms with Gasteiger partial charge in [-0.25, -0.2) is 0 Å². The standard InChI is InChI=1S/C37H68N4O2/c1-36(2,3)20-10-34(42)39-24-11-30(12-25-39)8-7-9-31-13-26-40(27-14-31)35(43)19-23-38-21-15-32(16-22-38)33-17-28-41(29-18-33)37(4,5)6/h30-33H,7-29H2,1-6H3. The lowest BCUT2D eigenvalue weighted by Crippen LogP contribution is -2.48. The molecule has 0 N–H and O–H groups in total. The van der Waals surface area contributed by atoms with Crippen LogP contribution in [0.4, 0.5) is 0 Å². The number of piperidine rings is 4. The Bertz CT molecular complexity index is 845. The fraction of sp³-hybridized carbons (Fsp3) is 0.946. The van der Waals surface area contributed by atoms with E-state index in [0.29, 0.717) is 30.2 Å². The highest BCUT2D eigenvalue weighted by molar-refractivity contribution is 5.76. The van der Waals surface area contributed by atoms with Crippen LogP contribution < -0.4 is 0 Å². The smallest absolute Gasteiger partial charge is 0.223 e. The van der Waals surface area contributed by atoms with Crippen molar-refractivity contribution in [2.24, 2.45) is 29.1 Å². The van der Waals surface area contributed by atoms with E-state index >= 15 is 0 Å². The molecule has 4 heterocycles. The summed E-state index contributed by atoms with van der Waals surface area (Å²) in [5.74, 6) is 4.14. The molecular formula is C37H68N4O2. The lowest BCUT2D eigenvalue weighted by molar-refractivity contribution is -0.133. The predicted octanol–water partition coefficient (Wildman–Crippen LogP) is 7.07. The average molecular weight is 601 g/mol. The zero-order chi connectivity index (χ0) is 31.0. The van der Waals surface area contributed by atoms with E-state index in [-0.39, 0.29) is 5.41 Å². The van der Waals surface area contributed by atoms with Crippen molar-refractivity contribution in [1.29, 1.82) is 0 Å². The van der Waals surface area contributed by atoms with Crippen molar-refractivity contribution < 1.29 is 9.59 Å². The number of likely N-dealkylation sites (tertiary alicyclic amines) is 4. The Labute approximate surface area is 265 Å². The maximum absolute atomic E-state index is 13.0. The van der Waals surface area contributed by atoms with Crippen molar-refractivity contribution in [3.8, 4) is 0 Å². The molecule has 4 aliphatic heterocycles. The first-order valence-corrected chi connectivity index (χ1v) is 18.4. The molecule has 0 aromatic rings. The summed E-state index contributed by atoms with van der Waals surface area (Å²) in [6.07, 6.45) is 16.5. The highest BCUT2D eigenvalue weighted by atomic mass is 16.2. The van der Waals surface area contributed by atoms with Gasteiger partial charge in [-0.2, -0.15) is 0 Å². The van der Waals surface area contributed by atoms with E-state index in [2.05, 4.69) is 61.1 Å². The number of hydrogen-bond donors (Lipinski definition) is 0. The van der Waals surface area contributed by atoms with Gasteiger partial charge in [0, 0.05) is 51.1 Å². The second-order valence-electron chi connectivity index (χ2n) is 17.1. The third kappa shape index (κ3) is 11.3. The van der Waals surface area contributed by atoms with Crippen LogP contribution in [0.1, 0.15) is 131 Å². The van der Waals surface area contributed by atoms with E-state index in [1.165, 1.54) is 96.8 Å². The molecule has 0 radical (unpaired) electrons. The molecule has 0 aromatic carbocycles. The summed E-state index contributed by atoms with van der Waals surface area (Å²) in [6, 6.07) is 0. The average Bonchev–Trinajstić information content (AvgIpc) is 2.99. The molecule has 0 spiro atoms. The fourth-order valence-electron chi connectivity index (χ4n) is 8.38. The van der Waals surface area contributed by atoms with Crippen LogP contribution in [-0.2, 0) is 9.59 Å². The summed E-state index contributed by atoms with van der Waals surface area (Å²) in [5, 5.41) is 0. The SMILES string of the molecule is CC(C)(C)CCC(=O)N1CCC(CCCC2CCN(C(=O)CCN3CCC(C4CCN(C(C)(C)C)CC4)CC3)CC2)CC1. The summed E-state index contributed by atoms with van der Waals surface area (Å²) in [4.78, 5) is 35.1.